The predicted octanol–water partition coefficient (Wildman–Crippen LogP) is 3.50. The molecule has 2 aromatic rings. The minimum atomic E-state index is -2.85. The highest BCUT2D eigenvalue weighted by Crippen LogP contribution is 2.19. The summed E-state index contributed by atoms with van der Waals surface area (Å²) < 4.78 is 33.8. The lowest BCUT2D eigenvalue weighted by Gasteiger charge is -2.18. The van der Waals surface area contributed by atoms with E-state index in [2.05, 4.69) is 4.74 Å². The van der Waals surface area contributed by atoms with Gasteiger partial charge in [-0.25, -0.2) is 0 Å². The first kappa shape index (κ1) is 17.7. The minimum absolute atomic E-state index is 0.0626. The molecule has 0 aliphatic heterocycles. The molecule has 0 saturated carbocycles. The Balaban J connectivity index is 1.96. The van der Waals surface area contributed by atoms with Crippen LogP contribution in [0, 0.1) is 0 Å². The van der Waals surface area contributed by atoms with Crippen LogP contribution in [-0.4, -0.2) is 31.6 Å². The fourth-order valence-electron chi connectivity index (χ4n) is 2.29. The Morgan fingerprint density at radius 2 is 1.79 bits per heavy atom. The SMILES string of the molecule is COc1ccccc1CC(=O)N(C)Cc1ccc(OC(F)F)cc1. The van der Waals surface area contributed by atoms with E-state index in [0.29, 0.717) is 12.3 Å². The summed E-state index contributed by atoms with van der Waals surface area (Å²) in [4.78, 5) is 13.9. The standard InChI is InChI=1S/C18H19F2NO3/c1-21(12-13-7-9-15(10-8-13)24-18(19)20)17(22)11-14-5-3-4-6-16(14)23-2/h3-10,18H,11-12H2,1-2H3. The van der Waals surface area contributed by atoms with E-state index in [-0.39, 0.29) is 18.1 Å². The van der Waals surface area contributed by atoms with Gasteiger partial charge in [0.25, 0.3) is 0 Å². The number of benzene rings is 2. The first-order valence-corrected chi connectivity index (χ1v) is 7.39. The third-order valence-corrected chi connectivity index (χ3v) is 3.53. The molecule has 0 saturated heterocycles. The van der Waals surface area contributed by atoms with Gasteiger partial charge in [0.05, 0.1) is 13.5 Å². The molecule has 2 aromatic carbocycles. The number of para-hydroxylation sites is 1. The van der Waals surface area contributed by atoms with Gasteiger partial charge in [-0.1, -0.05) is 30.3 Å². The lowest BCUT2D eigenvalue weighted by molar-refractivity contribution is -0.129. The lowest BCUT2D eigenvalue weighted by Crippen LogP contribution is -2.27. The van der Waals surface area contributed by atoms with Gasteiger partial charge in [0.15, 0.2) is 0 Å². The molecular weight excluding hydrogens is 316 g/mol. The summed E-state index contributed by atoms with van der Waals surface area (Å²) in [7, 11) is 3.26. The van der Waals surface area contributed by atoms with Crippen LogP contribution in [0.2, 0.25) is 0 Å². The summed E-state index contributed by atoms with van der Waals surface area (Å²) in [6.07, 6.45) is 0.229. The highest BCUT2D eigenvalue weighted by molar-refractivity contribution is 5.79. The van der Waals surface area contributed by atoms with E-state index in [9.17, 15) is 13.6 Å². The third-order valence-electron chi connectivity index (χ3n) is 3.53. The molecule has 4 nitrogen and oxygen atoms in total. The minimum Gasteiger partial charge on any atom is -0.496 e. The van der Waals surface area contributed by atoms with E-state index in [1.165, 1.54) is 12.1 Å². The summed E-state index contributed by atoms with van der Waals surface area (Å²) in [6, 6.07) is 13.6. The highest BCUT2D eigenvalue weighted by Gasteiger charge is 2.13. The second-order valence-corrected chi connectivity index (χ2v) is 5.26. The zero-order chi connectivity index (χ0) is 17.5. The van der Waals surface area contributed by atoms with E-state index < -0.39 is 6.61 Å². The average molecular weight is 335 g/mol. The summed E-state index contributed by atoms with van der Waals surface area (Å²) >= 11 is 0. The number of likely N-dealkylation sites (N-methyl/N-ethyl adjacent to an activating group) is 1. The molecule has 0 aliphatic carbocycles. The van der Waals surface area contributed by atoms with Gasteiger partial charge >= 0.3 is 6.61 Å². The molecule has 128 valence electrons. The summed E-state index contributed by atoms with van der Waals surface area (Å²) in [5.74, 6) is 0.705. The molecule has 0 spiro atoms. The van der Waals surface area contributed by atoms with Crippen molar-refractivity contribution in [3.63, 3.8) is 0 Å². The molecule has 6 heteroatoms. The summed E-state index contributed by atoms with van der Waals surface area (Å²) in [5, 5.41) is 0. The maximum Gasteiger partial charge on any atom is 0.387 e. The van der Waals surface area contributed by atoms with Crippen LogP contribution in [0.15, 0.2) is 48.5 Å². The normalized spacial score (nSPS) is 10.5. The molecule has 0 atom stereocenters. The van der Waals surface area contributed by atoms with Crippen LogP contribution in [0.1, 0.15) is 11.1 Å². The Morgan fingerprint density at radius 3 is 2.42 bits per heavy atom. The van der Waals surface area contributed by atoms with Crippen molar-refractivity contribution in [2.45, 2.75) is 19.6 Å². The zero-order valence-electron chi connectivity index (χ0n) is 13.5. The molecule has 24 heavy (non-hydrogen) atoms. The Labute approximate surface area is 139 Å². The van der Waals surface area contributed by atoms with Gasteiger partial charge < -0.3 is 14.4 Å². The van der Waals surface area contributed by atoms with Crippen LogP contribution >= 0.6 is 0 Å². The molecule has 1 amide bonds. The largest absolute Gasteiger partial charge is 0.496 e. The molecule has 0 unspecified atom stereocenters. The van der Waals surface area contributed by atoms with Gasteiger partial charge in [0, 0.05) is 19.2 Å². The molecule has 0 aliphatic rings. The van der Waals surface area contributed by atoms with Crippen molar-refractivity contribution < 1.29 is 23.0 Å². The zero-order valence-corrected chi connectivity index (χ0v) is 13.5. The van der Waals surface area contributed by atoms with Crippen LogP contribution in [0.3, 0.4) is 0 Å². The smallest absolute Gasteiger partial charge is 0.387 e. The van der Waals surface area contributed by atoms with Crippen LogP contribution < -0.4 is 9.47 Å². The van der Waals surface area contributed by atoms with Gasteiger partial charge in [0.2, 0.25) is 5.91 Å². The number of hydrogen-bond donors (Lipinski definition) is 0. The van der Waals surface area contributed by atoms with Crippen LogP contribution in [-0.2, 0) is 17.8 Å². The number of carbonyl (C=O) groups excluding carboxylic acids is 1. The first-order chi connectivity index (χ1) is 11.5. The van der Waals surface area contributed by atoms with Gasteiger partial charge in [-0.3, -0.25) is 4.79 Å². The number of ether oxygens (including phenoxy) is 2. The number of rotatable bonds is 7. The molecule has 0 N–H and O–H groups in total. The summed E-state index contributed by atoms with van der Waals surface area (Å²) in [5.41, 5.74) is 1.64. The second kappa shape index (κ2) is 8.29. The van der Waals surface area contributed by atoms with Gasteiger partial charge in [0.1, 0.15) is 11.5 Å². The van der Waals surface area contributed by atoms with Crippen molar-refractivity contribution >= 4 is 5.91 Å². The number of hydrogen-bond acceptors (Lipinski definition) is 3. The van der Waals surface area contributed by atoms with Gasteiger partial charge in [-0.15, -0.1) is 0 Å². The molecule has 0 fully saturated rings. The third kappa shape index (κ3) is 4.94. The number of halogens is 2. The van der Waals surface area contributed by atoms with E-state index in [0.717, 1.165) is 11.1 Å². The Kier molecular flexibility index (Phi) is 6.12. The number of carbonyl (C=O) groups is 1. The van der Waals surface area contributed by atoms with Crippen LogP contribution in [0.25, 0.3) is 0 Å². The predicted molar refractivity (Wildman–Crippen MR) is 86.2 cm³/mol. The first-order valence-electron chi connectivity index (χ1n) is 7.39. The Morgan fingerprint density at radius 1 is 1.12 bits per heavy atom. The van der Waals surface area contributed by atoms with Crippen LogP contribution in [0.4, 0.5) is 8.78 Å². The second-order valence-electron chi connectivity index (χ2n) is 5.26. The Bertz CT molecular complexity index is 674. The number of methoxy groups -OCH3 is 1. The fraction of sp³-hybridized carbons (Fsp3) is 0.278. The van der Waals surface area contributed by atoms with Gasteiger partial charge in [-0.05, 0) is 23.8 Å². The average Bonchev–Trinajstić information content (AvgIpc) is 2.56. The van der Waals surface area contributed by atoms with Crippen molar-refractivity contribution in [3.05, 3.63) is 59.7 Å². The molecule has 0 heterocycles. The molecule has 0 bridgehead atoms. The molecule has 0 radical (unpaired) electrons. The van der Waals surface area contributed by atoms with Crippen molar-refractivity contribution in [2.24, 2.45) is 0 Å². The maximum absolute atomic E-state index is 12.3. The number of alkyl halides is 2. The van der Waals surface area contributed by atoms with Crippen molar-refractivity contribution in [2.75, 3.05) is 14.2 Å². The van der Waals surface area contributed by atoms with E-state index >= 15 is 0 Å². The monoisotopic (exact) mass is 335 g/mol. The van der Waals surface area contributed by atoms with E-state index in [1.54, 1.807) is 31.2 Å². The molecule has 0 aromatic heterocycles. The molecular formula is C18H19F2NO3. The topological polar surface area (TPSA) is 38.8 Å². The summed E-state index contributed by atoms with van der Waals surface area (Å²) in [6.45, 7) is -2.47. The number of nitrogens with zero attached hydrogens (tertiary/aromatic N) is 1. The van der Waals surface area contributed by atoms with E-state index in [1.807, 2.05) is 24.3 Å². The van der Waals surface area contributed by atoms with Crippen molar-refractivity contribution in [3.8, 4) is 11.5 Å². The van der Waals surface area contributed by atoms with Crippen molar-refractivity contribution in [1.82, 2.24) is 4.90 Å². The lowest BCUT2D eigenvalue weighted by atomic mass is 10.1. The number of amides is 1. The quantitative estimate of drug-likeness (QED) is 0.777. The maximum atomic E-state index is 12.3. The Hall–Kier alpha value is -2.63. The van der Waals surface area contributed by atoms with Gasteiger partial charge in [-0.2, -0.15) is 8.78 Å². The molecule has 2 rings (SSSR count). The fourth-order valence-corrected chi connectivity index (χ4v) is 2.29. The van der Waals surface area contributed by atoms with Crippen molar-refractivity contribution in [1.29, 1.82) is 0 Å². The van der Waals surface area contributed by atoms with E-state index in [4.69, 9.17) is 4.74 Å². The highest BCUT2D eigenvalue weighted by atomic mass is 19.3. The van der Waals surface area contributed by atoms with Crippen LogP contribution in [0.5, 0.6) is 11.5 Å².